The van der Waals surface area contributed by atoms with Crippen molar-refractivity contribution < 1.29 is 26.4 Å². The molecule has 0 radical (unpaired) electrons. The molecule has 0 aromatic heterocycles. The smallest absolute Gasteiger partial charge is 0.258 e. The highest BCUT2D eigenvalue weighted by atomic mass is 32.2. The zero-order chi connectivity index (χ0) is 22.5. The van der Waals surface area contributed by atoms with Gasteiger partial charge in [0.05, 0.1) is 9.79 Å². The minimum absolute atomic E-state index is 0.00480. The molecule has 0 unspecified atom stereocenters. The first-order valence-corrected chi connectivity index (χ1v) is 12.8. The molecular formula is C20H25N3O6S2. The van der Waals surface area contributed by atoms with Gasteiger partial charge >= 0.3 is 0 Å². The van der Waals surface area contributed by atoms with Gasteiger partial charge in [-0.15, -0.1) is 0 Å². The number of ether oxygens (including phenoxy) is 1. The Morgan fingerprint density at radius 3 is 2.10 bits per heavy atom. The van der Waals surface area contributed by atoms with E-state index in [9.17, 15) is 21.6 Å². The standard InChI is InChI=1S/C20H25N3O6S2/c21-30(25,26)18-9-5-15(6-10-18)13-22-20(24)14-29-17-7-11-19(12-8-17)31(27,28)23-16-3-1-2-4-16/h5-12,16,23H,1-4,13-14H2,(H,22,24)(H2,21,25,26). The Labute approximate surface area is 182 Å². The maximum absolute atomic E-state index is 12.4. The highest BCUT2D eigenvalue weighted by Gasteiger charge is 2.22. The third-order valence-corrected chi connectivity index (χ3v) is 7.39. The molecule has 1 fully saturated rings. The van der Waals surface area contributed by atoms with Gasteiger partial charge in [-0.05, 0) is 54.8 Å². The van der Waals surface area contributed by atoms with Crippen LogP contribution in [0, 0.1) is 0 Å². The fourth-order valence-corrected chi connectivity index (χ4v) is 5.06. The Morgan fingerprint density at radius 1 is 0.935 bits per heavy atom. The molecule has 2 aromatic carbocycles. The molecule has 1 saturated carbocycles. The van der Waals surface area contributed by atoms with Gasteiger partial charge in [0.2, 0.25) is 20.0 Å². The number of amides is 1. The highest BCUT2D eigenvalue weighted by Crippen LogP contribution is 2.21. The minimum Gasteiger partial charge on any atom is -0.484 e. The summed E-state index contributed by atoms with van der Waals surface area (Å²) in [6.45, 7) is -0.0568. The monoisotopic (exact) mass is 467 g/mol. The van der Waals surface area contributed by atoms with Gasteiger partial charge in [0.1, 0.15) is 5.75 Å². The number of benzene rings is 2. The fourth-order valence-electron chi connectivity index (χ4n) is 3.24. The number of hydrogen-bond acceptors (Lipinski definition) is 6. The second-order valence-electron chi connectivity index (χ2n) is 7.33. The molecule has 0 aliphatic heterocycles. The van der Waals surface area contributed by atoms with Crippen LogP contribution >= 0.6 is 0 Å². The molecule has 0 heterocycles. The van der Waals surface area contributed by atoms with E-state index in [1.165, 1.54) is 36.4 Å². The first-order valence-electron chi connectivity index (χ1n) is 9.77. The van der Waals surface area contributed by atoms with E-state index < -0.39 is 20.0 Å². The predicted molar refractivity (Wildman–Crippen MR) is 114 cm³/mol. The van der Waals surface area contributed by atoms with E-state index in [4.69, 9.17) is 9.88 Å². The van der Waals surface area contributed by atoms with Crippen molar-refractivity contribution in [1.82, 2.24) is 10.0 Å². The average Bonchev–Trinajstić information content (AvgIpc) is 3.23. The molecule has 0 atom stereocenters. The lowest BCUT2D eigenvalue weighted by atomic mass is 10.2. The molecule has 0 bridgehead atoms. The molecule has 168 valence electrons. The van der Waals surface area contributed by atoms with Gasteiger partial charge in [-0.25, -0.2) is 26.7 Å². The molecule has 11 heteroatoms. The van der Waals surface area contributed by atoms with E-state index >= 15 is 0 Å². The maximum atomic E-state index is 12.4. The number of nitrogens with two attached hydrogens (primary N) is 1. The lowest BCUT2D eigenvalue weighted by Gasteiger charge is -2.13. The largest absolute Gasteiger partial charge is 0.484 e. The fraction of sp³-hybridized carbons (Fsp3) is 0.350. The van der Waals surface area contributed by atoms with Crippen LogP contribution in [0.5, 0.6) is 5.75 Å². The molecule has 31 heavy (non-hydrogen) atoms. The molecule has 0 spiro atoms. The normalized spacial score (nSPS) is 15.0. The topological polar surface area (TPSA) is 145 Å². The number of sulfonamides is 2. The number of nitrogens with one attached hydrogen (secondary N) is 2. The number of primary sulfonamides is 1. The summed E-state index contributed by atoms with van der Waals surface area (Å²) in [7, 11) is -7.33. The first-order chi connectivity index (χ1) is 14.6. The van der Waals surface area contributed by atoms with E-state index in [-0.39, 0.29) is 34.9 Å². The molecular weight excluding hydrogens is 442 g/mol. The number of rotatable bonds is 9. The Balaban J connectivity index is 1.46. The summed E-state index contributed by atoms with van der Waals surface area (Å²) in [6.07, 6.45) is 3.77. The van der Waals surface area contributed by atoms with Gasteiger partial charge in [0, 0.05) is 12.6 Å². The van der Waals surface area contributed by atoms with Crippen LogP contribution in [0.3, 0.4) is 0 Å². The van der Waals surface area contributed by atoms with Crippen molar-refractivity contribution >= 4 is 26.0 Å². The number of carbonyl (C=O) groups excluding carboxylic acids is 1. The second kappa shape index (κ2) is 9.77. The zero-order valence-corrected chi connectivity index (χ0v) is 18.4. The van der Waals surface area contributed by atoms with Gasteiger partial charge in [-0.2, -0.15) is 0 Å². The summed E-state index contributed by atoms with van der Waals surface area (Å²) in [4.78, 5) is 12.1. The second-order valence-corrected chi connectivity index (χ2v) is 10.6. The lowest BCUT2D eigenvalue weighted by molar-refractivity contribution is -0.123. The Kier molecular flexibility index (Phi) is 7.31. The molecule has 1 amide bonds. The van der Waals surface area contributed by atoms with Crippen LogP contribution in [0.1, 0.15) is 31.2 Å². The van der Waals surface area contributed by atoms with Gasteiger partial charge < -0.3 is 10.1 Å². The van der Waals surface area contributed by atoms with E-state index in [0.717, 1.165) is 25.7 Å². The summed E-state index contributed by atoms with van der Waals surface area (Å²) in [6, 6.07) is 11.7. The highest BCUT2D eigenvalue weighted by molar-refractivity contribution is 7.89. The van der Waals surface area contributed by atoms with Gasteiger partial charge in [-0.1, -0.05) is 25.0 Å². The summed E-state index contributed by atoms with van der Waals surface area (Å²) >= 11 is 0. The van der Waals surface area contributed by atoms with Crippen molar-refractivity contribution in [2.75, 3.05) is 6.61 Å². The summed E-state index contributed by atoms with van der Waals surface area (Å²) in [5.74, 6) is -0.0115. The number of hydrogen-bond donors (Lipinski definition) is 3. The summed E-state index contributed by atoms with van der Waals surface area (Å²) in [5, 5.41) is 7.70. The van der Waals surface area contributed by atoms with Crippen LogP contribution < -0.4 is 19.9 Å². The zero-order valence-electron chi connectivity index (χ0n) is 16.8. The van der Waals surface area contributed by atoms with Crippen LogP contribution in [0.2, 0.25) is 0 Å². The lowest BCUT2D eigenvalue weighted by Crippen LogP contribution is -2.32. The van der Waals surface area contributed by atoms with Crippen molar-refractivity contribution in [1.29, 1.82) is 0 Å². The van der Waals surface area contributed by atoms with Gasteiger partial charge in [0.15, 0.2) is 6.61 Å². The van der Waals surface area contributed by atoms with Crippen LogP contribution in [0.25, 0.3) is 0 Å². The van der Waals surface area contributed by atoms with Crippen molar-refractivity contribution in [3.05, 3.63) is 54.1 Å². The molecule has 1 aliphatic rings. The van der Waals surface area contributed by atoms with E-state index in [2.05, 4.69) is 10.0 Å². The van der Waals surface area contributed by atoms with E-state index in [1.807, 2.05) is 0 Å². The van der Waals surface area contributed by atoms with Crippen LogP contribution in [0.15, 0.2) is 58.3 Å². The molecule has 3 rings (SSSR count). The van der Waals surface area contributed by atoms with Crippen LogP contribution in [-0.4, -0.2) is 35.4 Å². The van der Waals surface area contributed by atoms with Crippen LogP contribution in [-0.2, 0) is 31.4 Å². The molecule has 1 aliphatic carbocycles. The molecule has 4 N–H and O–H groups in total. The van der Waals surface area contributed by atoms with E-state index in [0.29, 0.717) is 11.3 Å². The predicted octanol–water partition coefficient (Wildman–Crippen LogP) is 1.25. The van der Waals surface area contributed by atoms with Gasteiger partial charge in [0.25, 0.3) is 5.91 Å². The van der Waals surface area contributed by atoms with Gasteiger partial charge in [-0.3, -0.25) is 4.79 Å². The summed E-state index contributed by atoms with van der Waals surface area (Å²) in [5.41, 5.74) is 0.699. The minimum atomic E-state index is -3.76. The number of carbonyl (C=O) groups is 1. The van der Waals surface area contributed by atoms with E-state index in [1.54, 1.807) is 12.1 Å². The summed E-state index contributed by atoms with van der Waals surface area (Å²) < 4.78 is 55.4. The maximum Gasteiger partial charge on any atom is 0.258 e. The Hall–Kier alpha value is -2.47. The SMILES string of the molecule is NS(=O)(=O)c1ccc(CNC(=O)COc2ccc(S(=O)(=O)NC3CCCC3)cc2)cc1. The van der Waals surface area contributed by atoms with Crippen molar-refractivity contribution in [2.45, 2.75) is 48.1 Å². The third kappa shape index (κ3) is 6.76. The molecule has 9 nitrogen and oxygen atoms in total. The van der Waals surface area contributed by atoms with Crippen molar-refractivity contribution in [3.8, 4) is 5.75 Å². The Bertz CT molecular complexity index is 1110. The first kappa shape index (κ1) is 23.2. The quantitative estimate of drug-likeness (QED) is 0.506. The van der Waals surface area contributed by atoms with Crippen molar-refractivity contribution in [3.63, 3.8) is 0 Å². The van der Waals surface area contributed by atoms with Crippen molar-refractivity contribution in [2.24, 2.45) is 5.14 Å². The Morgan fingerprint density at radius 2 is 1.52 bits per heavy atom. The van der Waals surface area contributed by atoms with Crippen LogP contribution in [0.4, 0.5) is 0 Å². The average molecular weight is 468 g/mol. The third-order valence-electron chi connectivity index (χ3n) is 4.92. The molecule has 2 aromatic rings. The molecule has 0 saturated heterocycles.